The highest BCUT2D eigenvalue weighted by molar-refractivity contribution is 5.54. The van der Waals surface area contributed by atoms with E-state index in [-0.39, 0.29) is 12.7 Å². The Morgan fingerprint density at radius 1 is 1.10 bits per heavy atom. The van der Waals surface area contributed by atoms with E-state index in [9.17, 15) is 0 Å². The van der Waals surface area contributed by atoms with E-state index in [1.54, 1.807) is 0 Å². The largest absolute Gasteiger partial charge is 0.493 e. The molecule has 3 nitrogen and oxygen atoms in total. The lowest BCUT2D eigenvalue weighted by Crippen LogP contribution is -2.02. The molecular weight excluding hydrogens is 252 g/mol. The third-order valence-electron chi connectivity index (χ3n) is 3.57. The normalized spacial score (nSPS) is 14.1. The van der Waals surface area contributed by atoms with Gasteiger partial charge in [0, 0.05) is 17.5 Å². The van der Waals surface area contributed by atoms with Crippen molar-refractivity contribution < 1.29 is 14.2 Å². The van der Waals surface area contributed by atoms with Crippen molar-refractivity contribution in [2.45, 2.75) is 19.8 Å². The van der Waals surface area contributed by atoms with Gasteiger partial charge in [-0.25, -0.2) is 0 Å². The molecule has 1 aliphatic rings. The molecule has 0 radical (unpaired) electrons. The Morgan fingerprint density at radius 3 is 2.50 bits per heavy atom. The molecule has 1 heterocycles. The zero-order chi connectivity index (χ0) is 13.9. The molecule has 0 N–H and O–H groups in total. The lowest BCUT2D eigenvalue weighted by atomic mass is 9.92. The Bertz CT molecular complexity index is 593. The van der Waals surface area contributed by atoms with Crippen molar-refractivity contribution in [3.63, 3.8) is 0 Å². The fourth-order valence-corrected chi connectivity index (χ4v) is 2.48. The van der Waals surface area contributed by atoms with Gasteiger partial charge in [-0.1, -0.05) is 37.3 Å². The van der Waals surface area contributed by atoms with E-state index >= 15 is 0 Å². The van der Waals surface area contributed by atoms with Gasteiger partial charge in [0.1, 0.15) is 5.75 Å². The summed E-state index contributed by atoms with van der Waals surface area (Å²) in [7, 11) is 0. The summed E-state index contributed by atoms with van der Waals surface area (Å²) in [5.41, 5.74) is 2.38. The Kier molecular flexibility index (Phi) is 3.50. The fraction of sp³-hybridized carbons (Fsp3) is 0.294. The summed E-state index contributed by atoms with van der Waals surface area (Å²) in [4.78, 5) is 0. The number of rotatable bonds is 4. The van der Waals surface area contributed by atoms with Gasteiger partial charge in [-0.05, 0) is 18.6 Å². The smallest absolute Gasteiger partial charge is 0.231 e. The van der Waals surface area contributed by atoms with Crippen molar-refractivity contribution in [1.29, 1.82) is 0 Å². The average Bonchev–Trinajstić information content (AvgIpc) is 2.94. The summed E-state index contributed by atoms with van der Waals surface area (Å²) in [6.07, 6.45) is 0. The van der Waals surface area contributed by atoms with E-state index < -0.39 is 0 Å². The molecule has 2 aromatic carbocycles. The second-order valence-electron chi connectivity index (χ2n) is 4.81. The molecule has 3 heteroatoms. The van der Waals surface area contributed by atoms with Crippen molar-refractivity contribution in [2.24, 2.45) is 0 Å². The Balaban J connectivity index is 2.03. The second-order valence-corrected chi connectivity index (χ2v) is 4.81. The number of hydrogen-bond donors (Lipinski definition) is 0. The first kappa shape index (κ1) is 12.9. The minimum Gasteiger partial charge on any atom is -0.493 e. The Morgan fingerprint density at radius 2 is 1.80 bits per heavy atom. The highest BCUT2D eigenvalue weighted by Crippen LogP contribution is 2.42. The molecule has 0 amide bonds. The summed E-state index contributed by atoms with van der Waals surface area (Å²) in [5.74, 6) is 2.67. The maximum Gasteiger partial charge on any atom is 0.231 e. The van der Waals surface area contributed by atoms with Crippen LogP contribution in [0.5, 0.6) is 17.2 Å². The molecule has 0 spiro atoms. The lowest BCUT2D eigenvalue weighted by molar-refractivity contribution is 0.173. The third-order valence-corrected chi connectivity index (χ3v) is 3.57. The van der Waals surface area contributed by atoms with Gasteiger partial charge in [-0.3, -0.25) is 0 Å². The minimum atomic E-state index is 0.243. The summed E-state index contributed by atoms with van der Waals surface area (Å²) in [6, 6.07) is 14.4. The van der Waals surface area contributed by atoms with Gasteiger partial charge >= 0.3 is 0 Å². The molecule has 3 rings (SSSR count). The highest BCUT2D eigenvalue weighted by atomic mass is 16.7. The summed E-state index contributed by atoms with van der Waals surface area (Å²) in [5, 5.41) is 0. The quantitative estimate of drug-likeness (QED) is 0.841. The van der Waals surface area contributed by atoms with Crippen molar-refractivity contribution in [3.05, 3.63) is 53.6 Å². The van der Waals surface area contributed by atoms with Crippen molar-refractivity contribution >= 4 is 0 Å². The number of hydrogen-bond acceptors (Lipinski definition) is 3. The van der Waals surface area contributed by atoms with E-state index in [2.05, 4.69) is 31.2 Å². The van der Waals surface area contributed by atoms with Gasteiger partial charge < -0.3 is 14.2 Å². The summed E-state index contributed by atoms with van der Waals surface area (Å²) < 4.78 is 16.7. The van der Waals surface area contributed by atoms with Crippen LogP contribution in [0.25, 0.3) is 0 Å². The van der Waals surface area contributed by atoms with Crippen LogP contribution in [0.4, 0.5) is 0 Å². The van der Waals surface area contributed by atoms with Gasteiger partial charge in [0.25, 0.3) is 0 Å². The predicted molar refractivity (Wildman–Crippen MR) is 77.7 cm³/mol. The molecule has 20 heavy (non-hydrogen) atoms. The number of fused-ring (bicyclic) bond motifs is 1. The standard InChI is InChI=1S/C17H18O3/c1-3-18-15-10-17-16(19-11-20-17)9-14(15)12(2)13-7-5-4-6-8-13/h4-10,12H,3,11H2,1-2H3/t12-/m0/s1. The molecule has 0 bridgehead atoms. The zero-order valence-electron chi connectivity index (χ0n) is 11.8. The molecule has 0 unspecified atom stereocenters. The average molecular weight is 270 g/mol. The van der Waals surface area contributed by atoms with Crippen molar-refractivity contribution in [3.8, 4) is 17.2 Å². The van der Waals surface area contributed by atoms with E-state index in [0.29, 0.717) is 6.61 Å². The van der Waals surface area contributed by atoms with Crippen LogP contribution >= 0.6 is 0 Å². The minimum absolute atomic E-state index is 0.243. The first-order chi connectivity index (χ1) is 9.79. The molecule has 0 aromatic heterocycles. The van der Waals surface area contributed by atoms with Crippen LogP contribution in [-0.2, 0) is 0 Å². The Hall–Kier alpha value is -2.16. The van der Waals surface area contributed by atoms with E-state index in [0.717, 1.165) is 22.8 Å². The second kappa shape index (κ2) is 5.45. The van der Waals surface area contributed by atoms with Crippen LogP contribution in [0.2, 0.25) is 0 Å². The monoisotopic (exact) mass is 270 g/mol. The number of ether oxygens (including phenoxy) is 3. The van der Waals surface area contributed by atoms with Crippen LogP contribution in [0, 0.1) is 0 Å². The van der Waals surface area contributed by atoms with Gasteiger partial charge in [0.2, 0.25) is 6.79 Å². The SMILES string of the molecule is CCOc1cc2c(cc1[C@@H](C)c1ccccc1)OCO2. The summed E-state index contributed by atoms with van der Waals surface area (Å²) in [6.45, 7) is 5.08. The highest BCUT2D eigenvalue weighted by Gasteiger charge is 2.21. The van der Waals surface area contributed by atoms with Gasteiger partial charge in [-0.2, -0.15) is 0 Å². The molecule has 0 aliphatic carbocycles. The third kappa shape index (κ3) is 2.31. The maximum absolute atomic E-state index is 5.77. The topological polar surface area (TPSA) is 27.7 Å². The van der Waals surface area contributed by atoms with Crippen LogP contribution in [0.1, 0.15) is 30.9 Å². The summed E-state index contributed by atoms with van der Waals surface area (Å²) >= 11 is 0. The lowest BCUT2D eigenvalue weighted by Gasteiger charge is -2.17. The van der Waals surface area contributed by atoms with Crippen LogP contribution in [0.3, 0.4) is 0 Å². The number of benzene rings is 2. The van der Waals surface area contributed by atoms with E-state index in [1.165, 1.54) is 5.56 Å². The van der Waals surface area contributed by atoms with Crippen LogP contribution in [0.15, 0.2) is 42.5 Å². The molecule has 0 saturated heterocycles. The zero-order valence-corrected chi connectivity index (χ0v) is 11.8. The molecule has 104 valence electrons. The van der Waals surface area contributed by atoms with Crippen LogP contribution < -0.4 is 14.2 Å². The molecular formula is C17H18O3. The fourth-order valence-electron chi connectivity index (χ4n) is 2.48. The predicted octanol–water partition coefficient (Wildman–Crippen LogP) is 3.97. The van der Waals surface area contributed by atoms with Gasteiger partial charge in [0.15, 0.2) is 11.5 Å². The Labute approximate surface area is 119 Å². The van der Waals surface area contributed by atoms with E-state index in [1.807, 2.05) is 25.1 Å². The molecule has 0 saturated carbocycles. The van der Waals surface area contributed by atoms with Crippen molar-refractivity contribution in [2.75, 3.05) is 13.4 Å². The molecule has 2 aromatic rings. The molecule has 0 fully saturated rings. The maximum atomic E-state index is 5.77. The van der Waals surface area contributed by atoms with E-state index in [4.69, 9.17) is 14.2 Å². The molecule has 1 atom stereocenters. The first-order valence-corrected chi connectivity index (χ1v) is 6.91. The van der Waals surface area contributed by atoms with Gasteiger partial charge in [0.05, 0.1) is 6.61 Å². The first-order valence-electron chi connectivity index (χ1n) is 6.91. The van der Waals surface area contributed by atoms with Crippen molar-refractivity contribution in [1.82, 2.24) is 0 Å². The van der Waals surface area contributed by atoms with Crippen LogP contribution in [-0.4, -0.2) is 13.4 Å². The molecule has 1 aliphatic heterocycles. The van der Waals surface area contributed by atoms with Gasteiger partial charge in [-0.15, -0.1) is 0 Å².